The summed E-state index contributed by atoms with van der Waals surface area (Å²) < 4.78 is 3.46. The minimum absolute atomic E-state index is 0.351. The van der Waals surface area contributed by atoms with E-state index in [1.807, 2.05) is 49.6 Å². The van der Waals surface area contributed by atoms with Crippen molar-refractivity contribution in [3.63, 3.8) is 0 Å². The Hall–Kier alpha value is -2.47. The smallest absolute Gasteiger partial charge is 0.0936 e. The molecule has 0 amide bonds. The van der Waals surface area contributed by atoms with E-state index in [0.29, 0.717) is 0 Å². The van der Waals surface area contributed by atoms with E-state index in [1.165, 1.54) is 0 Å². The molecule has 2 aromatic heterocycles. The predicted molar refractivity (Wildman–Crippen MR) is 70.6 cm³/mol. The Labute approximate surface area is 110 Å². The molecule has 0 saturated carbocycles. The van der Waals surface area contributed by atoms with Crippen molar-refractivity contribution >= 4 is 0 Å². The number of hydrogen-bond acceptors (Lipinski definition) is 4. The van der Waals surface area contributed by atoms with Crippen LogP contribution in [0.25, 0.3) is 5.69 Å². The SMILES string of the molecule is Cn1ccc(C(N)c2cnnn2-c2ccccc2)n1. The number of rotatable bonds is 3. The van der Waals surface area contributed by atoms with E-state index < -0.39 is 0 Å². The van der Waals surface area contributed by atoms with Gasteiger partial charge in [0.15, 0.2) is 0 Å². The van der Waals surface area contributed by atoms with Crippen LogP contribution in [0.15, 0.2) is 48.8 Å². The standard InChI is InChI=1S/C13H14N6/c1-18-8-7-11(16-18)13(14)12-9-15-17-19(12)10-5-3-2-4-6-10/h2-9,13H,14H2,1H3. The maximum Gasteiger partial charge on any atom is 0.0936 e. The van der Waals surface area contributed by atoms with Crippen molar-refractivity contribution in [2.75, 3.05) is 0 Å². The van der Waals surface area contributed by atoms with E-state index in [0.717, 1.165) is 17.1 Å². The van der Waals surface area contributed by atoms with Crippen LogP contribution in [0.4, 0.5) is 0 Å². The van der Waals surface area contributed by atoms with Crippen molar-refractivity contribution < 1.29 is 0 Å². The number of hydrogen-bond donors (Lipinski definition) is 1. The Morgan fingerprint density at radius 2 is 1.95 bits per heavy atom. The normalized spacial score (nSPS) is 12.5. The molecule has 2 heterocycles. The lowest BCUT2D eigenvalue weighted by Gasteiger charge is -2.11. The van der Waals surface area contributed by atoms with Gasteiger partial charge >= 0.3 is 0 Å². The monoisotopic (exact) mass is 254 g/mol. The fraction of sp³-hybridized carbons (Fsp3) is 0.154. The molecule has 0 aliphatic rings. The van der Waals surface area contributed by atoms with Gasteiger partial charge < -0.3 is 5.73 Å². The molecule has 0 fully saturated rings. The molecule has 2 N–H and O–H groups in total. The van der Waals surface area contributed by atoms with Crippen LogP contribution in [0.2, 0.25) is 0 Å². The highest BCUT2D eigenvalue weighted by atomic mass is 15.4. The summed E-state index contributed by atoms with van der Waals surface area (Å²) >= 11 is 0. The molecule has 3 rings (SSSR count). The van der Waals surface area contributed by atoms with Crippen molar-refractivity contribution in [2.45, 2.75) is 6.04 Å². The molecule has 0 radical (unpaired) electrons. The van der Waals surface area contributed by atoms with Gasteiger partial charge in [-0.05, 0) is 18.2 Å². The summed E-state index contributed by atoms with van der Waals surface area (Å²) in [5.74, 6) is 0. The minimum atomic E-state index is -0.351. The van der Waals surface area contributed by atoms with Gasteiger partial charge in [0.05, 0.1) is 29.3 Å². The fourth-order valence-electron chi connectivity index (χ4n) is 1.98. The second-order valence-electron chi connectivity index (χ2n) is 4.30. The van der Waals surface area contributed by atoms with Crippen molar-refractivity contribution in [2.24, 2.45) is 12.8 Å². The Kier molecular flexibility index (Phi) is 2.85. The van der Waals surface area contributed by atoms with Gasteiger partial charge in [-0.2, -0.15) is 5.10 Å². The Bertz CT molecular complexity index is 669. The zero-order valence-corrected chi connectivity index (χ0v) is 10.5. The lowest BCUT2D eigenvalue weighted by molar-refractivity contribution is 0.677. The van der Waals surface area contributed by atoms with Crippen molar-refractivity contribution in [3.8, 4) is 5.69 Å². The molecule has 1 aromatic carbocycles. The molecule has 3 aromatic rings. The van der Waals surface area contributed by atoms with Crippen LogP contribution >= 0.6 is 0 Å². The first-order valence-corrected chi connectivity index (χ1v) is 5.97. The van der Waals surface area contributed by atoms with Crippen molar-refractivity contribution in [1.82, 2.24) is 24.8 Å². The number of aryl methyl sites for hydroxylation is 1. The zero-order chi connectivity index (χ0) is 13.2. The third-order valence-electron chi connectivity index (χ3n) is 2.95. The highest BCUT2D eigenvalue weighted by molar-refractivity contribution is 5.33. The molecular weight excluding hydrogens is 240 g/mol. The lowest BCUT2D eigenvalue weighted by Crippen LogP contribution is -2.17. The summed E-state index contributed by atoms with van der Waals surface area (Å²) in [5.41, 5.74) is 8.77. The van der Waals surface area contributed by atoms with E-state index in [2.05, 4.69) is 15.4 Å². The van der Waals surface area contributed by atoms with Crippen molar-refractivity contribution in [1.29, 1.82) is 0 Å². The molecule has 0 spiro atoms. The summed E-state index contributed by atoms with van der Waals surface area (Å²) in [6, 6.07) is 11.3. The van der Waals surface area contributed by atoms with E-state index in [9.17, 15) is 0 Å². The average molecular weight is 254 g/mol. The topological polar surface area (TPSA) is 74.6 Å². The first-order chi connectivity index (χ1) is 9.25. The van der Waals surface area contributed by atoms with Gasteiger partial charge in [-0.3, -0.25) is 4.68 Å². The summed E-state index contributed by atoms with van der Waals surface area (Å²) in [6.45, 7) is 0. The Morgan fingerprint density at radius 1 is 1.16 bits per heavy atom. The second kappa shape index (κ2) is 4.66. The van der Waals surface area contributed by atoms with Crippen LogP contribution in [-0.2, 0) is 7.05 Å². The van der Waals surface area contributed by atoms with Crippen LogP contribution in [0.5, 0.6) is 0 Å². The number of aromatic nitrogens is 5. The maximum atomic E-state index is 6.24. The predicted octanol–water partition coefficient (Wildman–Crippen LogP) is 1.05. The first-order valence-electron chi connectivity index (χ1n) is 5.97. The molecule has 0 aliphatic heterocycles. The van der Waals surface area contributed by atoms with E-state index in [4.69, 9.17) is 5.73 Å². The van der Waals surface area contributed by atoms with Crippen molar-refractivity contribution in [3.05, 3.63) is 60.2 Å². The van der Waals surface area contributed by atoms with E-state index >= 15 is 0 Å². The molecule has 0 saturated heterocycles. The lowest BCUT2D eigenvalue weighted by atomic mass is 10.1. The third-order valence-corrected chi connectivity index (χ3v) is 2.95. The Morgan fingerprint density at radius 3 is 2.63 bits per heavy atom. The highest BCUT2D eigenvalue weighted by Crippen LogP contribution is 2.19. The largest absolute Gasteiger partial charge is 0.318 e. The van der Waals surface area contributed by atoms with E-state index in [-0.39, 0.29) is 6.04 Å². The molecule has 0 bridgehead atoms. The number of nitrogens with two attached hydrogens (primary N) is 1. The van der Waals surface area contributed by atoms with Crippen LogP contribution in [0.3, 0.4) is 0 Å². The average Bonchev–Trinajstić information content (AvgIpc) is 3.07. The van der Waals surface area contributed by atoms with Gasteiger partial charge in [0, 0.05) is 13.2 Å². The molecule has 19 heavy (non-hydrogen) atoms. The number of benzene rings is 1. The van der Waals surface area contributed by atoms with Crippen LogP contribution in [0.1, 0.15) is 17.4 Å². The number of para-hydroxylation sites is 1. The summed E-state index contributed by atoms with van der Waals surface area (Å²) in [6.07, 6.45) is 3.54. The zero-order valence-electron chi connectivity index (χ0n) is 10.5. The van der Waals surface area contributed by atoms with E-state index in [1.54, 1.807) is 15.6 Å². The fourth-order valence-corrected chi connectivity index (χ4v) is 1.98. The van der Waals surface area contributed by atoms with Gasteiger partial charge in [-0.25, -0.2) is 4.68 Å². The summed E-state index contributed by atoms with van der Waals surface area (Å²) in [7, 11) is 1.86. The molecular formula is C13H14N6. The van der Waals surface area contributed by atoms with Crippen LogP contribution < -0.4 is 5.73 Å². The molecule has 6 heteroatoms. The molecule has 6 nitrogen and oxygen atoms in total. The quantitative estimate of drug-likeness (QED) is 0.758. The van der Waals surface area contributed by atoms with Crippen LogP contribution in [-0.4, -0.2) is 24.8 Å². The highest BCUT2D eigenvalue weighted by Gasteiger charge is 2.17. The van der Waals surface area contributed by atoms with Gasteiger partial charge in [0.25, 0.3) is 0 Å². The van der Waals surface area contributed by atoms with Gasteiger partial charge in [-0.15, -0.1) is 5.10 Å². The second-order valence-corrected chi connectivity index (χ2v) is 4.30. The molecule has 96 valence electrons. The Balaban J connectivity index is 2.01. The van der Waals surface area contributed by atoms with Gasteiger partial charge in [0.1, 0.15) is 0 Å². The molecule has 0 aliphatic carbocycles. The van der Waals surface area contributed by atoms with Crippen LogP contribution in [0, 0.1) is 0 Å². The van der Waals surface area contributed by atoms with Gasteiger partial charge in [0.2, 0.25) is 0 Å². The maximum absolute atomic E-state index is 6.24. The molecule has 1 atom stereocenters. The summed E-state index contributed by atoms with van der Waals surface area (Å²) in [5, 5.41) is 12.4. The minimum Gasteiger partial charge on any atom is -0.318 e. The first kappa shape index (κ1) is 11.6. The van der Waals surface area contributed by atoms with Gasteiger partial charge in [-0.1, -0.05) is 23.4 Å². The summed E-state index contributed by atoms with van der Waals surface area (Å²) in [4.78, 5) is 0. The third kappa shape index (κ3) is 2.13. The number of nitrogens with zero attached hydrogens (tertiary/aromatic N) is 5. The molecule has 1 unspecified atom stereocenters.